The quantitative estimate of drug-likeness (QED) is 0.780. The summed E-state index contributed by atoms with van der Waals surface area (Å²) in [5, 5.41) is 0. The Balaban J connectivity index is 1.91. The molecule has 0 bridgehead atoms. The van der Waals surface area contributed by atoms with E-state index in [0.29, 0.717) is 12.5 Å². The Labute approximate surface area is 123 Å². The van der Waals surface area contributed by atoms with Crippen LogP contribution in [-0.2, 0) is 0 Å². The van der Waals surface area contributed by atoms with Gasteiger partial charge in [-0.3, -0.25) is 0 Å². The zero-order valence-electron chi connectivity index (χ0n) is 9.51. The molecule has 18 heavy (non-hydrogen) atoms. The van der Waals surface area contributed by atoms with Gasteiger partial charge in [-0.15, -0.1) is 0 Å². The molecular weight excluding hydrogens is 358 g/mol. The minimum atomic E-state index is 0.488. The van der Waals surface area contributed by atoms with Crippen molar-refractivity contribution in [1.82, 2.24) is 4.98 Å². The van der Waals surface area contributed by atoms with Gasteiger partial charge in [-0.2, -0.15) is 0 Å². The second kappa shape index (κ2) is 6.71. The van der Waals surface area contributed by atoms with E-state index >= 15 is 0 Å². The lowest BCUT2D eigenvalue weighted by atomic mass is 10.2. The summed E-state index contributed by atoms with van der Waals surface area (Å²) in [6, 6.07) is 12.0. The first-order valence-electron chi connectivity index (χ1n) is 5.41. The maximum atomic E-state index is 5.55. The Hall–Kier alpha value is -1.13. The van der Waals surface area contributed by atoms with Crippen LogP contribution in [0, 0.1) is 0 Å². The third-order valence-electron chi connectivity index (χ3n) is 2.20. The maximum Gasteiger partial charge on any atom is 0.228 e. The number of hydrogen-bond donors (Lipinski definition) is 0. The molecule has 4 heteroatoms. The number of pyridine rings is 1. The van der Waals surface area contributed by atoms with Gasteiger partial charge in [0.15, 0.2) is 0 Å². The van der Waals surface area contributed by atoms with Gasteiger partial charge < -0.3 is 4.74 Å². The molecule has 0 fully saturated rings. The molecule has 0 saturated heterocycles. The molecule has 0 unspecified atom stereocenters. The van der Waals surface area contributed by atoms with Gasteiger partial charge in [-0.25, -0.2) is 4.98 Å². The number of rotatable bonds is 4. The molecule has 0 amide bonds. The predicted molar refractivity (Wildman–Crippen MR) is 80.6 cm³/mol. The van der Waals surface area contributed by atoms with Crippen LogP contribution < -0.4 is 4.74 Å². The molecule has 1 aromatic heterocycles. The average molecular weight is 369 g/mol. The van der Waals surface area contributed by atoms with E-state index in [1.807, 2.05) is 48.6 Å². The second-order valence-electron chi connectivity index (χ2n) is 3.56. The highest BCUT2D eigenvalue weighted by molar-refractivity contribution is 9.11. The van der Waals surface area contributed by atoms with Crippen molar-refractivity contribution in [2.24, 2.45) is 0 Å². The molecule has 0 radical (unpaired) electrons. The molecule has 0 atom stereocenters. The predicted octanol–water partition coefficient (Wildman–Crippen LogP) is 4.70. The fourth-order valence-electron chi connectivity index (χ4n) is 1.38. The Morgan fingerprint density at radius 2 is 1.94 bits per heavy atom. The van der Waals surface area contributed by atoms with Gasteiger partial charge in [0.1, 0.15) is 6.61 Å². The Bertz CT molecular complexity index is 541. The minimum Gasteiger partial charge on any atom is -0.473 e. The summed E-state index contributed by atoms with van der Waals surface area (Å²) >= 11 is 6.75. The maximum absolute atomic E-state index is 5.55. The van der Waals surface area contributed by atoms with E-state index in [4.69, 9.17) is 4.74 Å². The Kier molecular flexibility index (Phi) is 4.96. The van der Waals surface area contributed by atoms with Crippen molar-refractivity contribution in [3.05, 3.63) is 63.2 Å². The summed E-state index contributed by atoms with van der Waals surface area (Å²) in [6.45, 7) is 0.488. The number of nitrogens with zero attached hydrogens (tertiary/aromatic N) is 1. The van der Waals surface area contributed by atoms with Crippen LogP contribution in [0.15, 0.2) is 57.6 Å². The number of benzene rings is 1. The highest BCUT2D eigenvalue weighted by Gasteiger charge is 2.01. The van der Waals surface area contributed by atoms with Crippen LogP contribution in [0.25, 0.3) is 6.08 Å². The van der Waals surface area contributed by atoms with E-state index in [0.717, 1.165) is 14.5 Å². The van der Waals surface area contributed by atoms with Gasteiger partial charge in [0.25, 0.3) is 0 Å². The zero-order chi connectivity index (χ0) is 12.8. The van der Waals surface area contributed by atoms with Crippen LogP contribution in [0.4, 0.5) is 0 Å². The van der Waals surface area contributed by atoms with Crippen molar-refractivity contribution in [3.8, 4) is 5.88 Å². The fourth-order valence-corrected chi connectivity index (χ4v) is 2.49. The molecule has 0 saturated carbocycles. The van der Waals surface area contributed by atoms with Crippen LogP contribution in [0.2, 0.25) is 0 Å². The summed E-state index contributed by atoms with van der Waals surface area (Å²) in [6.07, 6.45) is 5.69. The zero-order valence-corrected chi connectivity index (χ0v) is 12.7. The topological polar surface area (TPSA) is 22.1 Å². The summed E-state index contributed by atoms with van der Waals surface area (Å²) in [5.41, 5.74) is 1.16. The van der Waals surface area contributed by atoms with Gasteiger partial charge >= 0.3 is 0 Å². The van der Waals surface area contributed by atoms with Gasteiger partial charge in [-0.05, 0) is 49.6 Å². The second-order valence-corrected chi connectivity index (χ2v) is 5.33. The van der Waals surface area contributed by atoms with Gasteiger partial charge in [0.05, 0.1) is 4.47 Å². The molecule has 0 aliphatic rings. The first-order chi connectivity index (χ1) is 8.75. The Morgan fingerprint density at radius 1 is 1.17 bits per heavy atom. The molecule has 1 aromatic carbocycles. The van der Waals surface area contributed by atoms with Gasteiger partial charge in [-0.1, -0.05) is 36.4 Å². The van der Waals surface area contributed by atoms with Crippen molar-refractivity contribution in [3.63, 3.8) is 0 Å². The van der Waals surface area contributed by atoms with Gasteiger partial charge in [0, 0.05) is 10.7 Å². The van der Waals surface area contributed by atoms with E-state index < -0.39 is 0 Å². The number of ether oxygens (including phenoxy) is 1. The lowest BCUT2D eigenvalue weighted by molar-refractivity contribution is 0.346. The van der Waals surface area contributed by atoms with Crippen LogP contribution >= 0.6 is 31.9 Å². The molecule has 2 aromatic rings. The molecule has 0 aliphatic carbocycles. The number of aromatic nitrogens is 1. The number of hydrogen-bond acceptors (Lipinski definition) is 2. The summed E-state index contributed by atoms with van der Waals surface area (Å²) in [7, 11) is 0. The third-order valence-corrected chi connectivity index (χ3v) is 3.20. The van der Waals surface area contributed by atoms with E-state index in [1.54, 1.807) is 6.20 Å². The normalized spacial score (nSPS) is 10.8. The summed E-state index contributed by atoms with van der Waals surface area (Å²) < 4.78 is 7.30. The van der Waals surface area contributed by atoms with E-state index in [9.17, 15) is 0 Å². The molecule has 0 N–H and O–H groups in total. The SMILES string of the molecule is Brc1cnc(OC/C=C/c2ccccc2)c(Br)c1. The van der Waals surface area contributed by atoms with E-state index in [2.05, 4.69) is 36.8 Å². The molecule has 2 rings (SSSR count). The van der Waals surface area contributed by atoms with Crippen LogP contribution in [-0.4, -0.2) is 11.6 Å². The van der Waals surface area contributed by atoms with Crippen molar-refractivity contribution >= 4 is 37.9 Å². The first-order valence-corrected chi connectivity index (χ1v) is 7.00. The van der Waals surface area contributed by atoms with Crippen molar-refractivity contribution < 1.29 is 4.74 Å². The van der Waals surface area contributed by atoms with Crippen LogP contribution in [0.5, 0.6) is 5.88 Å². The molecule has 1 heterocycles. The smallest absolute Gasteiger partial charge is 0.228 e. The lowest BCUT2D eigenvalue weighted by Crippen LogP contribution is -1.96. The first kappa shape index (κ1) is 13.3. The summed E-state index contributed by atoms with van der Waals surface area (Å²) in [4.78, 5) is 4.17. The molecule has 0 aliphatic heterocycles. The molecular formula is C14H11Br2NO. The number of halogens is 2. The lowest BCUT2D eigenvalue weighted by Gasteiger charge is -2.04. The monoisotopic (exact) mass is 367 g/mol. The highest BCUT2D eigenvalue weighted by atomic mass is 79.9. The van der Waals surface area contributed by atoms with E-state index in [1.165, 1.54) is 0 Å². The van der Waals surface area contributed by atoms with E-state index in [-0.39, 0.29) is 0 Å². The van der Waals surface area contributed by atoms with Crippen LogP contribution in [0.3, 0.4) is 0 Å². The molecule has 0 spiro atoms. The summed E-state index contributed by atoms with van der Waals surface area (Å²) in [5.74, 6) is 0.593. The molecule has 92 valence electrons. The Morgan fingerprint density at radius 3 is 2.67 bits per heavy atom. The third kappa shape index (κ3) is 3.96. The average Bonchev–Trinajstić information content (AvgIpc) is 2.38. The van der Waals surface area contributed by atoms with Crippen molar-refractivity contribution in [1.29, 1.82) is 0 Å². The fraction of sp³-hybridized carbons (Fsp3) is 0.0714. The largest absolute Gasteiger partial charge is 0.473 e. The highest BCUT2D eigenvalue weighted by Crippen LogP contribution is 2.25. The van der Waals surface area contributed by atoms with Crippen molar-refractivity contribution in [2.45, 2.75) is 0 Å². The standard InChI is InChI=1S/C14H11Br2NO/c15-12-9-13(16)14(17-10-12)18-8-4-7-11-5-2-1-3-6-11/h1-7,9-10H,8H2/b7-4+. The molecule has 2 nitrogen and oxygen atoms in total. The van der Waals surface area contributed by atoms with Crippen LogP contribution in [0.1, 0.15) is 5.56 Å². The van der Waals surface area contributed by atoms with Gasteiger partial charge in [0.2, 0.25) is 5.88 Å². The minimum absolute atomic E-state index is 0.488. The van der Waals surface area contributed by atoms with Crippen molar-refractivity contribution in [2.75, 3.05) is 6.61 Å².